The molecule has 18 heavy (non-hydrogen) atoms. The zero-order valence-electron chi connectivity index (χ0n) is 10.5. The number of carbonyl (C=O) groups is 1. The van der Waals surface area contributed by atoms with Gasteiger partial charge in [-0.25, -0.2) is 0 Å². The molecule has 0 amide bonds. The fourth-order valence-electron chi connectivity index (χ4n) is 2.10. The van der Waals surface area contributed by atoms with E-state index < -0.39 is 0 Å². The van der Waals surface area contributed by atoms with E-state index in [0.717, 1.165) is 25.4 Å². The Bertz CT molecular complexity index is 367. The van der Waals surface area contributed by atoms with Crippen molar-refractivity contribution in [2.24, 2.45) is 0 Å². The van der Waals surface area contributed by atoms with Crippen LogP contribution >= 0.6 is 12.4 Å². The van der Waals surface area contributed by atoms with E-state index in [1.807, 2.05) is 12.1 Å². The second kappa shape index (κ2) is 8.11. The number of hydrogen-bond donors (Lipinski definition) is 0. The van der Waals surface area contributed by atoms with Crippen LogP contribution in [0.2, 0.25) is 0 Å². The van der Waals surface area contributed by atoms with Gasteiger partial charge < -0.3 is 9.32 Å². The number of ketones is 1. The largest absolute Gasteiger partial charge is 0.465 e. The molecule has 2 heterocycles. The van der Waals surface area contributed by atoms with Crippen LogP contribution in [0.4, 0.5) is 0 Å². The van der Waals surface area contributed by atoms with Crippen LogP contribution in [0, 0.1) is 0 Å². The molecule has 0 aliphatic carbocycles. The van der Waals surface area contributed by atoms with Gasteiger partial charge in [0, 0.05) is 13.0 Å². The Labute approximate surface area is 114 Å². The molecule has 1 aliphatic heterocycles. The molecule has 1 aliphatic rings. The first-order valence-electron chi connectivity index (χ1n) is 6.31. The molecule has 0 atom stereocenters. The Morgan fingerprint density at radius 3 is 2.78 bits per heavy atom. The van der Waals surface area contributed by atoms with Crippen LogP contribution in [-0.4, -0.2) is 30.3 Å². The lowest BCUT2D eigenvalue weighted by atomic mass is 10.1. The summed E-state index contributed by atoms with van der Waals surface area (Å²) in [4.78, 5) is 14.0. The molecule has 1 fully saturated rings. The topological polar surface area (TPSA) is 33.5 Å². The fraction of sp³-hybridized carbons (Fsp3) is 0.500. The molecule has 1 aromatic rings. The summed E-state index contributed by atoms with van der Waals surface area (Å²) in [6.07, 6.45) is 9.45. The number of halogens is 1. The normalized spacial score (nSPS) is 16.7. The molecule has 4 heteroatoms. The van der Waals surface area contributed by atoms with Crippen molar-refractivity contribution in [1.82, 2.24) is 4.90 Å². The third kappa shape index (κ3) is 5.07. The number of rotatable bonds is 5. The Balaban J connectivity index is 0.00000162. The van der Waals surface area contributed by atoms with E-state index in [-0.39, 0.29) is 18.2 Å². The summed E-state index contributed by atoms with van der Waals surface area (Å²) in [5.74, 6) is 0.906. The average molecular weight is 270 g/mol. The van der Waals surface area contributed by atoms with Crippen molar-refractivity contribution in [3.05, 3.63) is 30.2 Å². The van der Waals surface area contributed by atoms with Crippen LogP contribution in [0.1, 0.15) is 31.4 Å². The van der Waals surface area contributed by atoms with Crippen LogP contribution in [0.15, 0.2) is 28.9 Å². The van der Waals surface area contributed by atoms with E-state index in [1.54, 1.807) is 18.4 Å². The van der Waals surface area contributed by atoms with E-state index in [0.29, 0.717) is 6.42 Å². The minimum absolute atomic E-state index is 0. The molecule has 0 bridgehead atoms. The number of allylic oxidation sites excluding steroid dienone is 1. The van der Waals surface area contributed by atoms with Crippen LogP contribution < -0.4 is 0 Å². The van der Waals surface area contributed by atoms with Gasteiger partial charge >= 0.3 is 0 Å². The van der Waals surface area contributed by atoms with Gasteiger partial charge in [0.25, 0.3) is 0 Å². The Kier molecular flexibility index (Phi) is 6.76. The summed E-state index contributed by atoms with van der Waals surface area (Å²) in [7, 11) is 0. The monoisotopic (exact) mass is 269 g/mol. The summed E-state index contributed by atoms with van der Waals surface area (Å²) in [6.45, 7) is 3.19. The first kappa shape index (κ1) is 15.0. The number of nitrogens with zero attached hydrogens (tertiary/aromatic N) is 1. The molecule has 100 valence electrons. The zero-order valence-corrected chi connectivity index (χ0v) is 11.3. The van der Waals surface area contributed by atoms with E-state index in [9.17, 15) is 4.79 Å². The quantitative estimate of drug-likeness (QED) is 0.770. The predicted octanol–water partition coefficient (Wildman–Crippen LogP) is 3.16. The lowest BCUT2D eigenvalue weighted by molar-refractivity contribution is -0.114. The molecule has 0 aromatic carbocycles. The summed E-state index contributed by atoms with van der Waals surface area (Å²) in [5, 5.41) is 0. The summed E-state index contributed by atoms with van der Waals surface area (Å²) >= 11 is 0. The van der Waals surface area contributed by atoms with Crippen molar-refractivity contribution in [3.63, 3.8) is 0 Å². The van der Waals surface area contributed by atoms with Gasteiger partial charge in [0.15, 0.2) is 5.78 Å². The lowest BCUT2D eigenvalue weighted by Gasteiger charge is -2.25. The summed E-state index contributed by atoms with van der Waals surface area (Å²) in [5.41, 5.74) is 0. The molecular weight excluding hydrogens is 250 g/mol. The first-order valence-corrected chi connectivity index (χ1v) is 6.31. The van der Waals surface area contributed by atoms with Gasteiger partial charge in [0.05, 0.1) is 6.26 Å². The average Bonchev–Trinajstić information content (AvgIpc) is 2.88. The third-order valence-electron chi connectivity index (χ3n) is 3.10. The molecular formula is C14H20ClNO2. The molecule has 2 rings (SSSR count). The second-order valence-corrected chi connectivity index (χ2v) is 4.47. The molecule has 1 aromatic heterocycles. The molecule has 0 saturated carbocycles. The second-order valence-electron chi connectivity index (χ2n) is 4.47. The van der Waals surface area contributed by atoms with Gasteiger partial charge in [-0.15, -0.1) is 12.4 Å². The summed E-state index contributed by atoms with van der Waals surface area (Å²) in [6, 6.07) is 3.66. The van der Waals surface area contributed by atoms with Crippen LogP contribution in [-0.2, 0) is 4.79 Å². The summed E-state index contributed by atoms with van der Waals surface area (Å²) < 4.78 is 5.13. The van der Waals surface area contributed by atoms with E-state index in [4.69, 9.17) is 4.42 Å². The van der Waals surface area contributed by atoms with E-state index >= 15 is 0 Å². The van der Waals surface area contributed by atoms with Gasteiger partial charge in [-0.3, -0.25) is 4.79 Å². The van der Waals surface area contributed by atoms with Crippen molar-refractivity contribution >= 4 is 24.3 Å². The SMILES string of the molecule is Cl.O=C(/C=C\c1ccco1)CCN1CCCCC1. The van der Waals surface area contributed by atoms with Crippen LogP contribution in [0.5, 0.6) is 0 Å². The van der Waals surface area contributed by atoms with Crippen molar-refractivity contribution in [2.75, 3.05) is 19.6 Å². The van der Waals surface area contributed by atoms with Gasteiger partial charge in [-0.2, -0.15) is 0 Å². The Morgan fingerprint density at radius 1 is 1.33 bits per heavy atom. The highest BCUT2D eigenvalue weighted by Crippen LogP contribution is 2.09. The number of piperidine rings is 1. The highest BCUT2D eigenvalue weighted by Gasteiger charge is 2.10. The van der Waals surface area contributed by atoms with Crippen molar-refractivity contribution in [2.45, 2.75) is 25.7 Å². The van der Waals surface area contributed by atoms with Crippen molar-refractivity contribution in [3.8, 4) is 0 Å². The molecule has 0 unspecified atom stereocenters. The van der Waals surface area contributed by atoms with Gasteiger partial charge in [0.1, 0.15) is 5.76 Å². The number of likely N-dealkylation sites (tertiary alicyclic amines) is 1. The maximum Gasteiger partial charge on any atom is 0.157 e. The molecule has 0 N–H and O–H groups in total. The molecule has 3 nitrogen and oxygen atoms in total. The third-order valence-corrected chi connectivity index (χ3v) is 3.10. The smallest absolute Gasteiger partial charge is 0.157 e. The number of furan rings is 1. The maximum atomic E-state index is 11.6. The molecule has 1 saturated heterocycles. The predicted molar refractivity (Wildman–Crippen MR) is 74.9 cm³/mol. The Morgan fingerprint density at radius 2 is 2.11 bits per heavy atom. The van der Waals surface area contributed by atoms with Crippen molar-refractivity contribution < 1.29 is 9.21 Å². The fourth-order valence-corrected chi connectivity index (χ4v) is 2.10. The highest BCUT2D eigenvalue weighted by molar-refractivity contribution is 5.93. The van der Waals surface area contributed by atoms with E-state index in [2.05, 4.69) is 4.90 Å². The highest BCUT2D eigenvalue weighted by atomic mass is 35.5. The minimum Gasteiger partial charge on any atom is -0.465 e. The number of carbonyl (C=O) groups excluding carboxylic acids is 1. The zero-order chi connectivity index (χ0) is 11.9. The molecule has 0 radical (unpaired) electrons. The van der Waals surface area contributed by atoms with E-state index in [1.165, 1.54) is 19.3 Å². The minimum atomic E-state index is 0. The van der Waals surface area contributed by atoms with Crippen LogP contribution in [0.3, 0.4) is 0 Å². The molecule has 0 spiro atoms. The Hall–Kier alpha value is -1.06. The van der Waals surface area contributed by atoms with Crippen LogP contribution in [0.25, 0.3) is 6.08 Å². The number of hydrogen-bond acceptors (Lipinski definition) is 3. The standard InChI is InChI=1S/C14H19NO2.ClH/c16-13(6-7-14-5-4-12-17-14)8-11-15-9-2-1-3-10-15;/h4-7,12H,1-3,8-11H2;1H/b7-6-;. The van der Waals surface area contributed by atoms with Gasteiger partial charge in [-0.1, -0.05) is 6.42 Å². The van der Waals surface area contributed by atoms with Crippen molar-refractivity contribution in [1.29, 1.82) is 0 Å². The van der Waals surface area contributed by atoms with Gasteiger partial charge in [0.2, 0.25) is 0 Å². The lowest BCUT2D eigenvalue weighted by Crippen LogP contribution is -2.31. The first-order chi connectivity index (χ1) is 8.34. The maximum absolute atomic E-state index is 11.6. The van der Waals surface area contributed by atoms with Gasteiger partial charge in [-0.05, 0) is 50.2 Å².